The molecule has 0 spiro atoms. The van der Waals surface area contributed by atoms with Crippen LogP contribution in [-0.2, 0) is 11.3 Å². The molecule has 1 amide bonds. The minimum Gasteiger partial charge on any atom is -0.380 e. The van der Waals surface area contributed by atoms with Crippen LogP contribution in [0.25, 0.3) is 0 Å². The van der Waals surface area contributed by atoms with E-state index in [2.05, 4.69) is 10.6 Å². The van der Waals surface area contributed by atoms with Crippen LogP contribution in [0.3, 0.4) is 0 Å². The van der Waals surface area contributed by atoms with Crippen molar-refractivity contribution in [2.45, 2.75) is 19.9 Å². The largest absolute Gasteiger partial charge is 0.380 e. The molecule has 0 aliphatic carbocycles. The quantitative estimate of drug-likeness (QED) is 0.561. The number of anilines is 1. The summed E-state index contributed by atoms with van der Waals surface area (Å²) >= 11 is 0. The molecule has 2 N–H and O–H groups in total. The smallest absolute Gasteiger partial charge is 0.292 e. The predicted molar refractivity (Wildman–Crippen MR) is 82.3 cm³/mol. The van der Waals surface area contributed by atoms with Crippen molar-refractivity contribution in [1.82, 2.24) is 10.2 Å². The summed E-state index contributed by atoms with van der Waals surface area (Å²) in [6.07, 6.45) is 0.407. The van der Waals surface area contributed by atoms with Gasteiger partial charge in [0.25, 0.3) is 5.69 Å². The van der Waals surface area contributed by atoms with Gasteiger partial charge in [-0.25, -0.2) is 0 Å². The molecule has 116 valence electrons. The second-order valence-corrected chi connectivity index (χ2v) is 4.80. The molecule has 0 radical (unpaired) electrons. The monoisotopic (exact) mass is 294 g/mol. The van der Waals surface area contributed by atoms with Crippen LogP contribution in [0.2, 0.25) is 0 Å². The highest BCUT2D eigenvalue weighted by atomic mass is 16.6. The van der Waals surface area contributed by atoms with Gasteiger partial charge >= 0.3 is 0 Å². The van der Waals surface area contributed by atoms with E-state index in [1.54, 1.807) is 19.2 Å². The Morgan fingerprint density at radius 2 is 2.14 bits per heavy atom. The number of hydrogen-bond donors (Lipinski definition) is 2. The van der Waals surface area contributed by atoms with E-state index in [-0.39, 0.29) is 16.5 Å². The van der Waals surface area contributed by atoms with Gasteiger partial charge in [-0.05, 0) is 25.6 Å². The maximum Gasteiger partial charge on any atom is 0.292 e. The molecule has 7 nitrogen and oxygen atoms in total. The summed E-state index contributed by atoms with van der Waals surface area (Å²) in [4.78, 5) is 23.9. The second-order valence-electron chi connectivity index (χ2n) is 4.80. The van der Waals surface area contributed by atoms with Gasteiger partial charge < -0.3 is 15.5 Å². The first-order valence-electron chi connectivity index (χ1n) is 6.88. The van der Waals surface area contributed by atoms with Crippen LogP contribution < -0.4 is 10.6 Å². The molecule has 21 heavy (non-hydrogen) atoms. The number of amides is 1. The van der Waals surface area contributed by atoms with Gasteiger partial charge in [0.1, 0.15) is 5.69 Å². The molecule has 0 aliphatic heterocycles. The number of rotatable bonds is 8. The molecule has 0 bridgehead atoms. The molecular weight excluding hydrogens is 272 g/mol. The third-order valence-corrected chi connectivity index (χ3v) is 3.08. The summed E-state index contributed by atoms with van der Waals surface area (Å²) in [5.41, 5.74) is 1.45. The summed E-state index contributed by atoms with van der Waals surface area (Å²) < 4.78 is 0. The molecule has 1 aromatic carbocycles. The van der Waals surface area contributed by atoms with E-state index in [0.717, 1.165) is 5.56 Å². The molecule has 0 aliphatic rings. The van der Waals surface area contributed by atoms with E-state index < -0.39 is 0 Å². The van der Waals surface area contributed by atoms with Gasteiger partial charge in [-0.15, -0.1) is 0 Å². The van der Waals surface area contributed by atoms with Crippen LogP contribution in [0.4, 0.5) is 11.4 Å². The maximum atomic E-state index is 11.2. The van der Waals surface area contributed by atoms with E-state index in [1.807, 2.05) is 24.9 Å². The summed E-state index contributed by atoms with van der Waals surface area (Å²) in [6, 6.07) is 5.17. The van der Waals surface area contributed by atoms with Crippen molar-refractivity contribution >= 4 is 17.3 Å². The highest BCUT2D eigenvalue weighted by Gasteiger charge is 2.14. The second kappa shape index (κ2) is 8.21. The minimum atomic E-state index is -0.383. The lowest BCUT2D eigenvalue weighted by atomic mass is 10.1. The van der Waals surface area contributed by atoms with Gasteiger partial charge in [-0.2, -0.15) is 0 Å². The minimum absolute atomic E-state index is 0.0182. The van der Waals surface area contributed by atoms with Crippen molar-refractivity contribution in [3.63, 3.8) is 0 Å². The van der Waals surface area contributed by atoms with E-state index in [9.17, 15) is 14.9 Å². The molecule has 1 aromatic rings. The molecule has 0 unspecified atom stereocenters. The molecule has 0 fully saturated rings. The Hall–Kier alpha value is -2.15. The standard InChI is InChI=1S/C14H22N4O3/c1-4-16-12-6-5-11(9-13(12)18(20)21)10-17(3)8-7-14(19)15-2/h5-6,9,16H,4,7-8,10H2,1-3H3,(H,15,19). The zero-order chi connectivity index (χ0) is 15.8. The topological polar surface area (TPSA) is 87.5 Å². The molecule has 0 saturated carbocycles. The normalized spacial score (nSPS) is 10.5. The zero-order valence-electron chi connectivity index (χ0n) is 12.7. The third kappa shape index (κ3) is 5.39. The fourth-order valence-corrected chi connectivity index (χ4v) is 1.97. The maximum absolute atomic E-state index is 11.2. The Bertz CT molecular complexity index is 505. The summed E-state index contributed by atoms with van der Waals surface area (Å²) in [6.45, 7) is 3.68. The van der Waals surface area contributed by atoms with Crippen molar-refractivity contribution in [2.75, 3.05) is 32.5 Å². The fraction of sp³-hybridized carbons (Fsp3) is 0.500. The third-order valence-electron chi connectivity index (χ3n) is 3.08. The van der Waals surface area contributed by atoms with Crippen molar-refractivity contribution < 1.29 is 9.72 Å². The summed E-state index contributed by atoms with van der Waals surface area (Å²) in [5, 5.41) is 16.6. The Morgan fingerprint density at radius 1 is 1.43 bits per heavy atom. The van der Waals surface area contributed by atoms with Crippen LogP contribution >= 0.6 is 0 Å². The molecule has 7 heteroatoms. The summed E-state index contributed by atoms with van der Waals surface area (Å²) in [5.74, 6) is -0.0182. The number of benzene rings is 1. The van der Waals surface area contributed by atoms with E-state index in [0.29, 0.717) is 31.7 Å². The molecule has 0 heterocycles. The predicted octanol–water partition coefficient (Wildman–Crippen LogP) is 1.59. The number of carbonyl (C=O) groups is 1. The van der Waals surface area contributed by atoms with Gasteiger partial charge in [-0.1, -0.05) is 6.07 Å². The number of nitrogens with one attached hydrogen (secondary N) is 2. The average Bonchev–Trinajstić information content (AvgIpc) is 2.46. The number of hydrogen-bond acceptors (Lipinski definition) is 5. The van der Waals surface area contributed by atoms with Crippen molar-refractivity contribution in [3.05, 3.63) is 33.9 Å². The van der Waals surface area contributed by atoms with E-state index >= 15 is 0 Å². The van der Waals surface area contributed by atoms with Crippen LogP contribution in [-0.4, -0.2) is 42.9 Å². The van der Waals surface area contributed by atoms with Crippen LogP contribution in [0, 0.1) is 10.1 Å². The van der Waals surface area contributed by atoms with Gasteiger partial charge in [0.15, 0.2) is 0 Å². The summed E-state index contributed by atoms with van der Waals surface area (Å²) in [7, 11) is 3.48. The first-order chi connectivity index (χ1) is 9.97. The number of nitrogens with zero attached hydrogens (tertiary/aromatic N) is 2. The molecule has 0 aromatic heterocycles. The Kier molecular flexibility index (Phi) is 6.61. The molecule has 1 rings (SSSR count). The number of carbonyl (C=O) groups excluding carboxylic acids is 1. The average molecular weight is 294 g/mol. The van der Waals surface area contributed by atoms with Gasteiger partial charge in [-0.3, -0.25) is 14.9 Å². The van der Waals surface area contributed by atoms with Crippen molar-refractivity contribution in [1.29, 1.82) is 0 Å². The van der Waals surface area contributed by atoms with Crippen LogP contribution in [0.15, 0.2) is 18.2 Å². The van der Waals surface area contributed by atoms with Crippen molar-refractivity contribution in [3.8, 4) is 0 Å². The van der Waals surface area contributed by atoms with Gasteiger partial charge in [0, 0.05) is 39.2 Å². The van der Waals surface area contributed by atoms with Crippen LogP contribution in [0.5, 0.6) is 0 Å². The van der Waals surface area contributed by atoms with Crippen LogP contribution in [0.1, 0.15) is 18.9 Å². The van der Waals surface area contributed by atoms with E-state index in [1.165, 1.54) is 0 Å². The molecule has 0 atom stereocenters. The highest BCUT2D eigenvalue weighted by Crippen LogP contribution is 2.25. The van der Waals surface area contributed by atoms with E-state index in [4.69, 9.17) is 0 Å². The number of nitro benzene ring substituents is 1. The Morgan fingerprint density at radius 3 is 2.71 bits per heavy atom. The highest BCUT2D eigenvalue weighted by molar-refractivity contribution is 5.75. The first-order valence-corrected chi connectivity index (χ1v) is 6.88. The lowest BCUT2D eigenvalue weighted by Crippen LogP contribution is -2.26. The number of nitro groups is 1. The molecule has 0 saturated heterocycles. The Balaban J connectivity index is 2.73. The first kappa shape index (κ1) is 16.9. The lowest BCUT2D eigenvalue weighted by molar-refractivity contribution is -0.384. The zero-order valence-corrected chi connectivity index (χ0v) is 12.7. The van der Waals surface area contributed by atoms with Gasteiger partial charge in [0.2, 0.25) is 5.91 Å². The van der Waals surface area contributed by atoms with Crippen molar-refractivity contribution in [2.24, 2.45) is 0 Å². The lowest BCUT2D eigenvalue weighted by Gasteiger charge is -2.16. The SMILES string of the molecule is CCNc1ccc(CN(C)CCC(=O)NC)cc1[N+](=O)[O-]. The van der Waals surface area contributed by atoms with Gasteiger partial charge in [0.05, 0.1) is 4.92 Å². The molecular formula is C14H22N4O3. The fourth-order valence-electron chi connectivity index (χ4n) is 1.97. The Labute approximate surface area is 124 Å².